The van der Waals surface area contributed by atoms with Crippen molar-refractivity contribution in [3.05, 3.63) is 39.6 Å². The first-order chi connectivity index (χ1) is 9.86. The summed E-state index contributed by atoms with van der Waals surface area (Å²) in [4.78, 5) is 0. The highest BCUT2D eigenvalue weighted by atomic mass is 35.5. The molecule has 0 bridgehead atoms. The van der Waals surface area contributed by atoms with Crippen LogP contribution < -0.4 is 0 Å². The van der Waals surface area contributed by atoms with E-state index in [9.17, 15) is 8.78 Å². The second-order valence-corrected chi connectivity index (χ2v) is 6.34. The normalized spacial score (nSPS) is 14.8. The van der Waals surface area contributed by atoms with Gasteiger partial charge in [0.05, 0.1) is 10.7 Å². The summed E-state index contributed by atoms with van der Waals surface area (Å²) in [5.74, 6) is -0.304. The third-order valence-electron chi connectivity index (χ3n) is 2.67. The molecule has 0 saturated heterocycles. The molecule has 2 aromatic rings. The highest BCUT2D eigenvalue weighted by molar-refractivity contribution is 7.99. The van der Waals surface area contributed by atoms with Crippen molar-refractivity contribution >= 4 is 52.3 Å². The molecule has 10 heteroatoms. The predicted molar refractivity (Wildman–Crippen MR) is 78.9 cm³/mol. The topological polar surface area (TPSA) is 43.1 Å². The van der Waals surface area contributed by atoms with Crippen LogP contribution in [0.25, 0.3) is 0 Å². The Balaban J connectivity index is 2.09. The van der Waals surface area contributed by atoms with E-state index < -0.39 is 11.2 Å². The highest BCUT2D eigenvalue weighted by Crippen LogP contribution is 2.35. The summed E-state index contributed by atoms with van der Waals surface area (Å²) in [5, 5.41) is 8.61. The summed E-state index contributed by atoms with van der Waals surface area (Å²) >= 11 is 18.2. The van der Waals surface area contributed by atoms with E-state index in [4.69, 9.17) is 34.8 Å². The maximum atomic E-state index is 13.3. The van der Waals surface area contributed by atoms with Crippen molar-refractivity contribution in [1.82, 2.24) is 14.9 Å². The van der Waals surface area contributed by atoms with E-state index in [-0.39, 0.29) is 5.16 Å². The van der Waals surface area contributed by atoms with E-state index in [2.05, 4.69) is 15.3 Å². The highest BCUT2D eigenvalue weighted by Gasteiger charge is 2.37. The first-order valence-corrected chi connectivity index (χ1v) is 7.67. The number of benzene rings is 1. The molecule has 0 amide bonds. The molecule has 0 radical (unpaired) electrons. The molecule has 1 aliphatic rings. The van der Waals surface area contributed by atoms with Crippen LogP contribution in [0.5, 0.6) is 0 Å². The SMILES string of the molecule is FC(F)(Cl)c1nnc2n1N=C(c1ccc(Cl)cc1Cl)CS2. The fraction of sp³-hybridized carbons (Fsp3) is 0.182. The lowest BCUT2D eigenvalue weighted by molar-refractivity contribution is 0.0799. The third-order valence-corrected chi connectivity index (χ3v) is 4.31. The van der Waals surface area contributed by atoms with Crippen LogP contribution in [0.3, 0.4) is 0 Å². The van der Waals surface area contributed by atoms with Gasteiger partial charge in [0, 0.05) is 16.3 Å². The molecule has 0 spiro atoms. The molecule has 21 heavy (non-hydrogen) atoms. The van der Waals surface area contributed by atoms with Crippen LogP contribution in [-0.2, 0) is 5.38 Å². The monoisotopic (exact) mass is 368 g/mol. The predicted octanol–water partition coefficient (Wildman–Crippen LogP) is 4.23. The van der Waals surface area contributed by atoms with E-state index in [1.54, 1.807) is 18.2 Å². The van der Waals surface area contributed by atoms with Gasteiger partial charge in [0.2, 0.25) is 11.0 Å². The van der Waals surface area contributed by atoms with E-state index in [1.165, 1.54) is 11.8 Å². The quantitative estimate of drug-likeness (QED) is 0.744. The number of nitrogens with zero attached hydrogens (tertiary/aromatic N) is 4. The Morgan fingerprint density at radius 2 is 2.00 bits per heavy atom. The standard InChI is InChI=1S/C11H5Cl3F2N4S/c12-5-1-2-6(7(13)3-5)8-4-21-10-18-17-9(11(14,15)16)20(10)19-8/h1-3H,4H2. The van der Waals surface area contributed by atoms with Gasteiger partial charge in [-0.25, -0.2) is 0 Å². The van der Waals surface area contributed by atoms with Crippen molar-refractivity contribution in [1.29, 1.82) is 0 Å². The lowest BCUT2D eigenvalue weighted by Gasteiger charge is -2.15. The zero-order chi connectivity index (χ0) is 15.2. The van der Waals surface area contributed by atoms with E-state index >= 15 is 0 Å². The fourth-order valence-corrected chi connectivity index (χ4v) is 3.22. The number of thioether (sulfide) groups is 1. The minimum Gasteiger partial charge on any atom is -0.184 e. The Labute approximate surface area is 137 Å². The van der Waals surface area contributed by atoms with Crippen LogP contribution in [-0.4, -0.2) is 26.3 Å². The number of rotatable bonds is 2. The van der Waals surface area contributed by atoms with Gasteiger partial charge in [0.1, 0.15) is 0 Å². The molecule has 1 aliphatic heterocycles. The largest absolute Gasteiger partial charge is 0.383 e. The number of hydrogen-bond acceptors (Lipinski definition) is 4. The Morgan fingerprint density at radius 1 is 1.24 bits per heavy atom. The summed E-state index contributed by atoms with van der Waals surface area (Å²) in [7, 11) is 0. The Kier molecular flexibility index (Phi) is 3.85. The van der Waals surface area contributed by atoms with Crippen molar-refractivity contribution in [3.8, 4) is 0 Å². The summed E-state index contributed by atoms with van der Waals surface area (Å²) in [6.07, 6.45) is 0. The van der Waals surface area contributed by atoms with Crippen LogP contribution in [0.15, 0.2) is 28.5 Å². The molecular weight excluding hydrogens is 365 g/mol. The second-order valence-electron chi connectivity index (χ2n) is 4.08. The molecule has 0 N–H and O–H groups in total. The van der Waals surface area contributed by atoms with Gasteiger partial charge in [0.25, 0.3) is 0 Å². The van der Waals surface area contributed by atoms with E-state index in [1.807, 2.05) is 0 Å². The van der Waals surface area contributed by atoms with Gasteiger partial charge in [0.15, 0.2) is 0 Å². The smallest absolute Gasteiger partial charge is 0.184 e. The van der Waals surface area contributed by atoms with E-state index in [0.717, 1.165) is 4.68 Å². The molecule has 0 saturated carbocycles. The molecule has 110 valence electrons. The van der Waals surface area contributed by atoms with Gasteiger partial charge < -0.3 is 0 Å². The van der Waals surface area contributed by atoms with Gasteiger partial charge >= 0.3 is 5.38 Å². The third kappa shape index (κ3) is 2.88. The Bertz CT molecular complexity index is 742. The first-order valence-electron chi connectivity index (χ1n) is 5.55. The summed E-state index contributed by atoms with van der Waals surface area (Å²) in [6.45, 7) is 0. The van der Waals surface area contributed by atoms with Gasteiger partial charge in [-0.3, -0.25) is 0 Å². The van der Waals surface area contributed by atoms with Crippen molar-refractivity contribution in [2.75, 3.05) is 5.75 Å². The Morgan fingerprint density at radius 3 is 2.67 bits per heavy atom. The number of aromatic nitrogens is 3. The van der Waals surface area contributed by atoms with Gasteiger partial charge in [-0.15, -0.1) is 10.2 Å². The number of halogens is 5. The van der Waals surface area contributed by atoms with Crippen LogP contribution in [0.2, 0.25) is 10.0 Å². The number of alkyl halides is 3. The first kappa shape index (κ1) is 15.0. The summed E-state index contributed by atoms with van der Waals surface area (Å²) in [5.41, 5.74) is 1.12. The molecule has 1 aromatic carbocycles. The van der Waals surface area contributed by atoms with Crippen LogP contribution in [0, 0.1) is 0 Å². The molecular formula is C11H5Cl3F2N4S. The molecule has 4 nitrogen and oxygen atoms in total. The molecule has 2 heterocycles. The average Bonchev–Trinajstić information content (AvgIpc) is 2.81. The lowest BCUT2D eigenvalue weighted by atomic mass is 10.1. The summed E-state index contributed by atoms with van der Waals surface area (Å²) in [6, 6.07) is 4.89. The Hall–Kier alpha value is -0.890. The van der Waals surface area contributed by atoms with Gasteiger partial charge in [-0.2, -0.15) is 18.6 Å². The molecule has 0 unspecified atom stereocenters. The maximum Gasteiger partial charge on any atom is 0.383 e. The molecule has 0 fully saturated rings. The van der Waals surface area contributed by atoms with Crippen molar-refractivity contribution < 1.29 is 8.78 Å². The number of hydrogen-bond donors (Lipinski definition) is 0. The van der Waals surface area contributed by atoms with Crippen molar-refractivity contribution in [2.24, 2.45) is 5.10 Å². The lowest BCUT2D eigenvalue weighted by Crippen LogP contribution is -2.18. The zero-order valence-corrected chi connectivity index (χ0v) is 13.1. The van der Waals surface area contributed by atoms with Gasteiger partial charge in [-0.1, -0.05) is 41.0 Å². The minimum atomic E-state index is -3.65. The second kappa shape index (κ2) is 5.39. The van der Waals surface area contributed by atoms with Crippen molar-refractivity contribution in [3.63, 3.8) is 0 Å². The van der Waals surface area contributed by atoms with Crippen LogP contribution in [0.1, 0.15) is 11.4 Å². The fourth-order valence-electron chi connectivity index (χ4n) is 1.76. The number of fused-ring (bicyclic) bond motifs is 1. The van der Waals surface area contributed by atoms with Gasteiger partial charge in [-0.05, 0) is 23.7 Å². The zero-order valence-electron chi connectivity index (χ0n) is 10.0. The molecule has 0 aliphatic carbocycles. The maximum absolute atomic E-state index is 13.3. The van der Waals surface area contributed by atoms with Crippen LogP contribution >= 0.6 is 46.6 Å². The minimum absolute atomic E-state index is 0.249. The van der Waals surface area contributed by atoms with Crippen LogP contribution in [0.4, 0.5) is 8.78 Å². The average molecular weight is 370 g/mol. The molecule has 0 atom stereocenters. The molecule has 1 aromatic heterocycles. The summed E-state index contributed by atoms with van der Waals surface area (Å²) < 4.78 is 27.4. The van der Waals surface area contributed by atoms with E-state index in [0.29, 0.717) is 27.1 Å². The molecule has 3 rings (SSSR count). The van der Waals surface area contributed by atoms with Crippen molar-refractivity contribution in [2.45, 2.75) is 10.5 Å².